The fraction of sp³-hybridized carbons (Fsp3) is 0.154. The number of hydrogen-bond donors (Lipinski definition) is 4. The van der Waals surface area contributed by atoms with Crippen molar-refractivity contribution in [2.75, 3.05) is 5.32 Å². The number of carboxylic acid groups (broad SMARTS) is 1. The highest BCUT2D eigenvalue weighted by Gasteiger charge is 2.21. The maximum Gasteiger partial charge on any atom is 0.326 e. The van der Waals surface area contributed by atoms with E-state index in [-0.39, 0.29) is 12.1 Å². The molecule has 110 valence electrons. The molecule has 0 saturated carbocycles. The van der Waals surface area contributed by atoms with Crippen LogP contribution in [0.15, 0.2) is 36.8 Å². The zero-order valence-corrected chi connectivity index (χ0v) is 10.8. The molecule has 0 spiro atoms. The van der Waals surface area contributed by atoms with Crippen LogP contribution in [-0.2, 0) is 11.2 Å². The lowest BCUT2D eigenvalue weighted by Gasteiger charge is -2.14. The van der Waals surface area contributed by atoms with Gasteiger partial charge in [-0.2, -0.15) is 0 Å². The Morgan fingerprint density at radius 2 is 2.24 bits per heavy atom. The number of rotatable bonds is 5. The first-order valence-electron chi connectivity index (χ1n) is 6.08. The molecule has 1 heterocycles. The Balaban J connectivity index is 1.96. The minimum absolute atomic E-state index is 0.0614. The number of carbonyl (C=O) groups is 2. The number of urea groups is 1. The molecular weight excluding hydrogens is 279 g/mol. The number of imidazole rings is 1. The molecule has 0 aliphatic heterocycles. The first kappa shape index (κ1) is 14.5. The molecule has 0 bridgehead atoms. The summed E-state index contributed by atoms with van der Waals surface area (Å²) in [6.45, 7) is 0. The number of aromatic amines is 1. The smallest absolute Gasteiger partial charge is 0.326 e. The molecule has 8 heteroatoms. The second kappa shape index (κ2) is 6.51. The predicted molar refractivity (Wildman–Crippen MR) is 72.3 cm³/mol. The molecule has 0 unspecified atom stereocenters. The number of halogens is 1. The Labute approximate surface area is 119 Å². The highest BCUT2D eigenvalue weighted by atomic mass is 19.1. The number of nitrogens with one attached hydrogen (secondary N) is 3. The van der Waals surface area contributed by atoms with Crippen LogP contribution in [0.1, 0.15) is 5.69 Å². The fourth-order valence-corrected chi connectivity index (χ4v) is 1.71. The molecule has 0 aliphatic carbocycles. The van der Waals surface area contributed by atoms with Gasteiger partial charge in [0.25, 0.3) is 0 Å². The van der Waals surface area contributed by atoms with Crippen LogP contribution in [0.2, 0.25) is 0 Å². The van der Waals surface area contributed by atoms with Crippen LogP contribution >= 0.6 is 0 Å². The Bertz CT molecular complexity index is 630. The molecule has 0 radical (unpaired) electrons. The fourth-order valence-electron chi connectivity index (χ4n) is 1.71. The lowest BCUT2D eigenvalue weighted by Crippen LogP contribution is -2.44. The first-order chi connectivity index (χ1) is 10.0. The molecule has 0 saturated heterocycles. The summed E-state index contributed by atoms with van der Waals surface area (Å²) < 4.78 is 13.0. The van der Waals surface area contributed by atoms with E-state index in [1.54, 1.807) is 0 Å². The van der Waals surface area contributed by atoms with Gasteiger partial charge < -0.3 is 20.7 Å². The van der Waals surface area contributed by atoms with E-state index >= 15 is 0 Å². The molecule has 4 N–H and O–H groups in total. The quantitative estimate of drug-likeness (QED) is 0.667. The van der Waals surface area contributed by atoms with Crippen LogP contribution in [0.5, 0.6) is 0 Å². The van der Waals surface area contributed by atoms with Crippen molar-refractivity contribution in [1.82, 2.24) is 15.3 Å². The summed E-state index contributed by atoms with van der Waals surface area (Å²) in [4.78, 5) is 29.4. The van der Waals surface area contributed by atoms with Gasteiger partial charge in [-0.15, -0.1) is 0 Å². The molecule has 21 heavy (non-hydrogen) atoms. The molecule has 0 fully saturated rings. The lowest BCUT2D eigenvalue weighted by atomic mass is 10.2. The van der Waals surface area contributed by atoms with Crippen molar-refractivity contribution in [3.8, 4) is 0 Å². The number of benzene rings is 1. The van der Waals surface area contributed by atoms with Crippen molar-refractivity contribution >= 4 is 17.7 Å². The van der Waals surface area contributed by atoms with Crippen molar-refractivity contribution in [2.24, 2.45) is 0 Å². The number of hydrogen-bond acceptors (Lipinski definition) is 3. The molecule has 2 amide bonds. The number of aromatic nitrogens is 2. The Morgan fingerprint density at radius 1 is 1.43 bits per heavy atom. The molecule has 7 nitrogen and oxygen atoms in total. The minimum atomic E-state index is -1.18. The van der Waals surface area contributed by atoms with E-state index in [2.05, 4.69) is 20.6 Å². The summed E-state index contributed by atoms with van der Waals surface area (Å²) in [5, 5.41) is 13.8. The summed E-state index contributed by atoms with van der Waals surface area (Å²) in [5.41, 5.74) is 0.812. The highest BCUT2D eigenvalue weighted by Crippen LogP contribution is 2.09. The van der Waals surface area contributed by atoms with E-state index in [1.807, 2.05) is 0 Å². The SMILES string of the molecule is O=C(Nc1cccc(F)c1)N[C@@H](Cc1cnc[nH]1)C(=O)O. The van der Waals surface area contributed by atoms with Crippen LogP contribution in [-0.4, -0.2) is 33.1 Å². The molecular formula is C13H13FN4O3. The number of carboxylic acids is 1. The van der Waals surface area contributed by atoms with E-state index in [9.17, 15) is 14.0 Å². The Kier molecular flexibility index (Phi) is 4.50. The van der Waals surface area contributed by atoms with E-state index in [1.165, 1.54) is 30.7 Å². The first-order valence-corrected chi connectivity index (χ1v) is 6.08. The second-order valence-electron chi connectivity index (χ2n) is 4.28. The van der Waals surface area contributed by atoms with E-state index < -0.39 is 23.9 Å². The van der Waals surface area contributed by atoms with Gasteiger partial charge in [0, 0.05) is 24.0 Å². The monoisotopic (exact) mass is 292 g/mol. The molecule has 2 aromatic rings. The van der Waals surface area contributed by atoms with Crippen LogP contribution in [0.4, 0.5) is 14.9 Å². The highest BCUT2D eigenvalue weighted by molar-refractivity contribution is 5.92. The summed E-state index contributed by atoms with van der Waals surface area (Å²) in [6.07, 6.45) is 2.95. The lowest BCUT2D eigenvalue weighted by molar-refractivity contribution is -0.139. The summed E-state index contributed by atoms with van der Waals surface area (Å²) in [6, 6.07) is 3.44. The third-order valence-electron chi connectivity index (χ3n) is 2.66. The summed E-state index contributed by atoms with van der Waals surface area (Å²) in [7, 11) is 0. The number of anilines is 1. The van der Waals surface area contributed by atoms with E-state index in [4.69, 9.17) is 5.11 Å². The summed E-state index contributed by atoms with van der Waals surface area (Å²) in [5.74, 6) is -1.68. The standard InChI is InChI=1S/C13H13FN4O3/c14-8-2-1-3-9(4-8)17-13(21)18-11(12(19)20)5-10-6-15-7-16-10/h1-4,6-7,11H,5H2,(H,15,16)(H,19,20)(H2,17,18,21)/t11-/m0/s1. The van der Waals surface area contributed by atoms with Gasteiger partial charge in [-0.1, -0.05) is 6.07 Å². The van der Waals surface area contributed by atoms with Gasteiger partial charge in [0.05, 0.1) is 6.33 Å². The molecule has 1 aromatic heterocycles. The van der Waals surface area contributed by atoms with E-state index in [0.717, 1.165) is 6.07 Å². The average Bonchev–Trinajstić information content (AvgIpc) is 2.90. The summed E-state index contributed by atoms with van der Waals surface area (Å²) >= 11 is 0. The van der Waals surface area contributed by atoms with Gasteiger partial charge in [0.2, 0.25) is 0 Å². The molecule has 1 aromatic carbocycles. The third kappa shape index (κ3) is 4.30. The molecule has 1 atom stereocenters. The number of nitrogens with zero attached hydrogens (tertiary/aromatic N) is 1. The van der Waals surface area contributed by atoms with Crippen LogP contribution in [0, 0.1) is 5.82 Å². The molecule has 0 aliphatic rings. The average molecular weight is 292 g/mol. The van der Waals surface area contributed by atoms with Gasteiger partial charge in [0.15, 0.2) is 0 Å². The zero-order valence-electron chi connectivity index (χ0n) is 10.8. The van der Waals surface area contributed by atoms with Gasteiger partial charge >= 0.3 is 12.0 Å². The van der Waals surface area contributed by atoms with Gasteiger partial charge in [-0.05, 0) is 18.2 Å². The largest absolute Gasteiger partial charge is 0.480 e. The molecule has 2 rings (SSSR count). The van der Waals surface area contributed by atoms with Crippen LogP contribution < -0.4 is 10.6 Å². The van der Waals surface area contributed by atoms with Gasteiger partial charge in [-0.25, -0.2) is 19.0 Å². The maximum atomic E-state index is 13.0. The van der Waals surface area contributed by atoms with Crippen molar-refractivity contribution in [3.63, 3.8) is 0 Å². The van der Waals surface area contributed by atoms with Gasteiger partial charge in [0.1, 0.15) is 11.9 Å². The number of amides is 2. The normalized spacial score (nSPS) is 11.7. The maximum absolute atomic E-state index is 13.0. The zero-order chi connectivity index (χ0) is 15.2. The topological polar surface area (TPSA) is 107 Å². The van der Waals surface area contributed by atoms with Crippen molar-refractivity contribution in [1.29, 1.82) is 0 Å². The predicted octanol–water partition coefficient (Wildman–Crippen LogP) is 1.37. The van der Waals surface area contributed by atoms with Crippen LogP contribution in [0.3, 0.4) is 0 Å². The second-order valence-corrected chi connectivity index (χ2v) is 4.28. The number of carbonyl (C=O) groups excluding carboxylic acids is 1. The van der Waals surface area contributed by atoms with Crippen molar-refractivity contribution in [3.05, 3.63) is 48.3 Å². The van der Waals surface area contributed by atoms with Crippen molar-refractivity contribution in [2.45, 2.75) is 12.5 Å². The number of aliphatic carboxylic acids is 1. The van der Waals surface area contributed by atoms with E-state index in [0.29, 0.717) is 5.69 Å². The van der Waals surface area contributed by atoms with Crippen molar-refractivity contribution < 1.29 is 19.1 Å². The Morgan fingerprint density at radius 3 is 2.86 bits per heavy atom. The Hall–Kier alpha value is -2.90. The third-order valence-corrected chi connectivity index (χ3v) is 2.66. The minimum Gasteiger partial charge on any atom is -0.480 e. The number of H-pyrrole nitrogens is 1. The van der Waals surface area contributed by atoms with Crippen LogP contribution in [0.25, 0.3) is 0 Å². The van der Waals surface area contributed by atoms with Gasteiger partial charge in [-0.3, -0.25) is 0 Å².